The molecule has 0 spiro atoms. The predicted molar refractivity (Wildman–Crippen MR) is 149 cm³/mol. The average molecular weight is 575 g/mol. The normalized spacial score (nSPS) is 25.2. The summed E-state index contributed by atoms with van der Waals surface area (Å²) in [7, 11) is 2.61. The van der Waals surface area contributed by atoms with Gasteiger partial charge in [-0.05, 0) is 39.8 Å². The van der Waals surface area contributed by atoms with Crippen molar-refractivity contribution >= 4 is 23.1 Å². The first kappa shape index (κ1) is 27.9. The maximum Gasteiger partial charge on any atom is 0.194 e. The number of ether oxygens (including phenoxy) is 4. The number of methoxy groups -OCH3 is 2. The minimum atomic E-state index is -0.621. The van der Waals surface area contributed by atoms with Gasteiger partial charge in [-0.2, -0.15) is 0 Å². The van der Waals surface area contributed by atoms with Gasteiger partial charge in [-0.15, -0.1) is 0 Å². The quantitative estimate of drug-likeness (QED) is 0.536. The molecule has 0 saturated carbocycles. The highest BCUT2D eigenvalue weighted by Gasteiger charge is 2.45. The van der Waals surface area contributed by atoms with E-state index < -0.39 is 46.8 Å². The van der Waals surface area contributed by atoms with Crippen LogP contribution in [0.5, 0.6) is 23.0 Å². The van der Waals surface area contributed by atoms with Crippen LogP contribution in [0.2, 0.25) is 0 Å². The van der Waals surface area contributed by atoms with Crippen LogP contribution in [0.4, 0.5) is 0 Å². The molecule has 2 aromatic rings. The molecule has 0 unspecified atom stereocenters. The maximum absolute atomic E-state index is 13.8. The van der Waals surface area contributed by atoms with E-state index in [0.717, 1.165) is 0 Å². The zero-order chi connectivity index (χ0) is 30.4. The summed E-state index contributed by atoms with van der Waals surface area (Å²) in [6.45, 7) is 6.98. The number of phenols is 2. The van der Waals surface area contributed by atoms with Gasteiger partial charge in [-0.1, -0.05) is 0 Å². The Balaban J connectivity index is 1.61. The molecule has 2 aliphatic carbocycles. The number of ketones is 4. The second kappa shape index (κ2) is 9.64. The molecule has 0 amide bonds. The number of fused-ring (bicyclic) bond motifs is 2. The van der Waals surface area contributed by atoms with Crippen molar-refractivity contribution in [1.29, 1.82) is 0 Å². The number of benzene rings is 2. The van der Waals surface area contributed by atoms with E-state index in [-0.39, 0.29) is 92.2 Å². The van der Waals surface area contributed by atoms with E-state index in [0.29, 0.717) is 0 Å². The summed E-state index contributed by atoms with van der Waals surface area (Å²) in [5, 5.41) is 23.4. The van der Waals surface area contributed by atoms with Gasteiger partial charge in [0, 0.05) is 46.3 Å². The third kappa shape index (κ3) is 3.71. The third-order valence-corrected chi connectivity index (χ3v) is 8.52. The molecular weight excluding hydrogens is 544 g/mol. The Morgan fingerprint density at radius 1 is 0.619 bits per heavy atom. The highest BCUT2D eigenvalue weighted by atomic mass is 16.5. The first-order valence-electron chi connectivity index (χ1n) is 13.7. The topological polar surface area (TPSA) is 146 Å². The Morgan fingerprint density at radius 2 is 0.976 bits per heavy atom. The molecule has 0 radical (unpaired) electrons. The SMILES string of the molecule is COc1cc2c(c(O)c1-c1c(OC)cc3c(c1O)C(=O)C1=C(C3=O)[C@@H](C)O[C@@H](C)C1)C(=O)C1=C(C2=O)[C@@H](C)O[C@@H](C)C1. The van der Waals surface area contributed by atoms with E-state index in [2.05, 4.69) is 0 Å². The standard InChI is InChI=1S/C32H30O10/c1-11-7-15-21(13(3)41-11)27(33)17-9-19(39-5)25(31(37)23(17)29(15)35)26-20(40-6)10-18-24(32(26)38)30(36)16-8-12(2)42-14(4)22(16)28(18)34/h9-14,37-38H,7-8H2,1-6H3/t11-,12-,13+,14+/m0/s1. The van der Waals surface area contributed by atoms with Crippen LogP contribution in [0, 0.1) is 0 Å². The van der Waals surface area contributed by atoms with Gasteiger partial charge in [-0.3, -0.25) is 19.2 Å². The lowest BCUT2D eigenvalue weighted by molar-refractivity contribution is 0.0145. The molecule has 2 aliphatic heterocycles. The Labute approximate surface area is 241 Å². The largest absolute Gasteiger partial charge is 0.506 e. The number of carbonyl (C=O) groups excluding carboxylic acids is 4. The molecule has 0 bridgehead atoms. The summed E-state index contributed by atoms with van der Waals surface area (Å²) >= 11 is 0. The molecule has 2 N–H and O–H groups in total. The molecule has 4 atom stereocenters. The summed E-state index contributed by atoms with van der Waals surface area (Å²) in [4.78, 5) is 54.8. The summed E-state index contributed by atoms with van der Waals surface area (Å²) < 4.78 is 22.7. The summed E-state index contributed by atoms with van der Waals surface area (Å²) in [6, 6.07) is 2.65. The second-order valence-corrected chi connectivity index (χ2v) is 11.1. The highest BCUT2D eigenvalue weighted by Crippen LogP contribution is 2.54. The van der Waals surface area contributed by atoms with Crippen LogP contribution in [0.1, 0.15) is 82.0 Å². The van der Waals surface area contributed by atoms with Crippen LogP contribution in [-0.4, -0.2) is 72.0 Å². The first-order valence-corrected chi connectivity index (χ1v) is 13.7. The van der Waals surface area contributed by atoms with Crippen LogP contribution in [0.15, 0.2) is 34.4 Å². The zero-order valence-electron chi connectivity index (χ0n) is 24.0. The van der Waals surface area contributed by atoms with Crippen LogP contribution < -0.4 is 9.47 Å². The summed E-state index contributed by atoms with van der Waals surface area (Å²) in [5.41, 5.74) is 0.0767. The molecule has 0 saturated heterocycles. The zero-order valence-corrected chi connectivity index (χ0v) is 24.0. The Bertz CT molecular complexity index is 1580. The molecule has 10 heteroatoms. The first-order chi connectivity index (χ1) is 19.9. The van der Waals surface area contributed by atoms with E-state index in [4.69, 9.17) is 18.9 Å². The van der Waals surface area contributed by atoms with Crippen LogP contribution in [-0.2, 0) is 9.47 Å². The van der Waals surface area contributed by atoms with Gasteiger partial charge in [0.15, 0.2) is 23.1 Å². The van der Waals surface area contributed by atoms with Crippen LogP contribution in [0.3, 0.4) is 0 Å². The van der Waals surface area contributed by atoms with Crippen molar-refractivity contribution in [3.05, 3.63) is 56.7 Å². The molecule has 4 aliphatic rings. The molecule has 0 fully saturated rings. The van der Waals surface area contributed by atoms with Crippen molar-refractivity contribution in [2.24, 2.45) is 0 Å². The van der Waals surface area contributed by atoms with Crippen molar-refractivity contribution in [2.45, 2.75) is 65.0 Å². The highest BCUT2D eigenvalue weighted by molar-refractivity contribution is 6.31. The number of rotatable bonds is 3. The molecule has 6 rings (SSSR count). The average Bonchev–Trinajstić information content (AvgIpc) is 2.93. The van der Waals surface area contributed by atoms with E-state index in [9.17, 15) is 29.4 Å². The van der Waals surface area contributed by atoms with Crippen molar-refractivity contribution in [3.8, 4) is 34.1 Å². The number of phenolic OH excluding ortho intramolecular Hbond substituents is 2. The van der Waals surface area contributed by atoms with Gasteiger partial charge >= 0.3 is 0 Å². The Kier molecular flexibility index (Phi) is 6.40. The fourth-order valence-corrected chi connectivity index (χ4v) is 6.79. The van der Waals surface area contributed by atoms with Gasteiger partial charge in [0.05, 0.1) is 60.9 Å². The monoisotopic (exact) mass is 574 g/mol. The smallest absolute Gasteiger partial charge is 0.194 e. The van der Waals surface area contributed by atoms with Crippen molar-refractivity contribution < 1.29 is 48.3 Å². The maximum atomic E-state index is 13.8. The van der Waals surface area contributed by atoms with Crippen molar-refractivity contribution in [3.63, 3.8) is 0 Å². The Hall–Kier alpha value is -4.28. The molecule has 0 aromatic heterocycles. The lowest BCUT2D eigenvalue weighted by Crippen LogP contribution is -2.36. The molecular formula is C32H30O10. The van der Waals surface area contributed by atoms with Gasteiger partial charge < -0.3 is 29.2 Å². The lowest BCUT2D eigenvalue weighted by Gasteiger charge is -2.34. The van der Waals surface area contributed by atoms with Gasteiger partial charge in [0.25, 0.3) is 0 Å². The van der Waals surface area contributed by atoms with Crippen molar-refractivity contribution in [1.82, 2.24) is 0 Å². The number of hydrogen-bond acceptors (Lipinski definition) is 10. The number of Topliss-reactive ketones (excluding diaryl/α,β-unsaturated/α-hetero) is 4. The van der Waals surface area contributed by atoms with Crippen LogP contribution >= 0.6 is 0 Å². The fraction of sp³-hybridized carbons (Fsp3) is 0.375. The van der Waals surface area contributed by atoms with Crippen LogP contribution in [0.25, 0.3) is 11.1 Å². The number of hydrogen-bond donors (Lipinski definition) is 2. The minimum absolute atomic E-state index is 0.0504. The van der Waals surface area contributed by atoms with Crippen molar-refractivity contribution in [2.75, 3.05) is 14.2 Å². The molecule has 42 heavy (non-hydrogen) atoms. The van der Waals surface area contributed by atoms with E-state index in [1.54, 1.807) is 27.7 Å². The summed E-state index contributed by atoms with van der Waals surface area (Å²) in [6.07, 6.45) is -1.51. The molecule has 2 heterocycles. The third-order valence-electron chi connectivity index (χ3n) is 8.52. The number of carbonyl (C=O) groups is 4. The second-order valence-electron chi connectivity index (χ2n) is 11.1. The minimum Gasteiger partial charge on any atom is -0.506 e. The number of aromatic hydroxyl groups is 2. The predicted octanol–water partition coefficient (Wildman–Crippen LogP) is 4.53. The van der Waals surface area contributed by atoms with Gasteiger partial charge in [-0.25, -0.2) is 0 Å². The fourth-order valence-electron chi connectivity index (χ4n) is 6.79. The molecule has 2 aromatic carbocycles. The van der Waals surface area contributed by atoms with E-state index >= 15 is 0 Å². The van der Waals surface area contributed by atoms with E-state index in [1.165, 1.54) is 26.4 Å². The van der Waals surface area contributed by atoms with Gasteiger partial charge in [0.2, 0.25) is 0 Å². The Morgan fingerprint density at radius 3 is 1.31 bits per heavy atom. The molecule has 218 valence electrons. The molecule has 10 nitrogen and oxygen atoms in total. The van der Waals surface area contributed by atoms with Gasteiger partial charge in [0.1, 0.15) is 23.0 Å². The summed E-state index contributed by atoms with van der Waals surface area (Å²) in [5.74, 6) is -3.34. The van der Waals surface area contributed by atoms with E-state index in [1.807, 2.05) is 0 Å². The lowest BCUT2D eigenvalue weighted by atomic mass is 9.75.